The predicted octanol–water partition coefficient (Wildman–Crippen LogP) is 1.64. The molecule has 0 heterocycles. The number of benzene rings is 1. The van der Waals surface area contributed by atoms with Crippen LogP contribution in [0, 0.1) is 10.1 Å². The van der Waals surface area contributed by atoms with Gasteiger partial charge in [0.1, 0.15) is 0 Å². The van der Waals surface area contributed by atoms with E-state index in [2.05, 4.69) is 5.32 Å². The minimum Gasteiger partial charge on any atom is -0.396 e. The molecule has 0 saturated heterocycles. The molecule has 0 atom stereocenters. The van der Waals surface area contributed by atoms with Crippen LogP contribution in [0.3, 0.4) is 0 Å². The molecule has 0 aromatic heterocycles. The number of rotatable bonds is 5. The third kappa shape index (κ3) is 4.41. The molecule has 0 radical (unpaired) electrons. The predicted molar refractivity (Wildman–Crippen MR) is 65.2 cm³/mol. The number of thioether (sulfide) groups is 1. The van der Waals surface area contributed by atoms with Crippen LogP contribution in [0.15, 0.2) is 23.1 Å². The summed E-state index contributed by atoms with van der Waals surface area (Å²) in [6.07, 6.45) is 0. The lowest BCUT2D eigenvalue weighted by atomic mass is 10.3. The van der Waals surface area contributed by atoms with Crippen molar-refractivity contribution in [2.45, 2.75) is 11.8 Å². The third-order valence-corrected chi connectivity index (χ3v) is 2.74. The molecule has 0 spiro atoms. The number of hydrogen-bond donors (Lipinski definition) is 2. The van der Waals surface area contributed by atoms with E-state index >= 15 is 0 Å². The molecule has 0 unspecified atom stereocenters. The number of aliphatic hydroxyl groups excluding tert-OH is 1. The third-order valence-electron chi connectivity index (χ3n) is 1.78. The number of aliphatic hydroxyl groups is 1. The highest BCUT2D eigenvalue weighted by Crippen LogP contribution is 2.27. The number of anilines is 1. The van der Waals surface area contributed by atoms with Gasteiger partial charge in [-0.25, -0.2) is 0 Å². The van der Waals surface area contributed by atoms with E-state index in [1.807, 2.05) is 0 Å². The van der Waals surface area contributed by atoms with Gasteiger partial charge in [0, 0.05) is 35.4 Å². The summed E-state index contributed by atoms with van der Waals surface area (Å²) in [6.45, 7) is 1.32. The maximum Gasteiger partial charge on any atom is 0.272 e. The van der Waals surface area contributed by atoms with Crippen molar-refractivity contribution in [2.75, 3.05) is 17.7 Å². The van der Waals surface area contributed by atoms with Crippen LogP contribution in [-0.4, -0.2) is 28.3 Å². The van der Waals surface area contributed by atoms with Crippen LogP contribution >= 0.6 is 11.8 Å². The molecule has 0 saturated carbocycles. The molecular formula is C10H12N2O4S. The first-order valence-corrected chi connectivity index (χ1v) is 5.82. The number of carbonyl (C=O) groups excluding carboxylic acids is 1. The average molecular weight is 256 g/mol. The summed E-state index contributed by atoms with van der Waals surface area (Å²) in [7, 11) is 0. The monoisotopic (exact) mass is 256 g/mol. The van der Waals surface area contributed by atoms with Crippen molar-refractivity contribution in [1.82, 2.24) is 0 Å². The van der Waals surface area contributed by atoms with Gasteiger partial charge in [-0.1, -0.05) is 0 Å². The molecule has 17 heavy (non-hydrogen) atoms. The number of carbonyl (C=O) groups is 1. The van der Waals surface area contributed by atoms with E-state index in [4.69, 9.17) is 5.11 Å². The van der Waals surface area contributed by atoms with Gasteiger partial charge in [0.15, 0.2) is 0 Å². The first-order chi connectivity index (χ1) is 8.02. The second-order valence-corrected chi connectivity index (χ2v) is 4.39. The van der Waals surface area contributed by atoms with E-state index in [1.54, 1.807) is 6.07 Å². The van der Waals surface area contributed by atoms with Gasteiger partial charge in [-0.2, -0.15) is 0 Å². The number of nitro groups is 1. The van der Waals surface area contributed by atoms with Gasteiger partial charge in [-0.3, -0.25) is 14.9 Å². The smallest absolute Gasteiger partial charge is 0.272 e. The van der Waals surface area contributed by atoms with E-state index < -0.39 is 4.92 Å². The number of nitro benzene ring substituents is 1. The molecule has 2 N–H and O–H groups in total. The van der Waals surface area contributed by atoms with Crippen molar-refractivity contribution in [2.24, 2.45) is 0 Å². The lowest BCUT2D eigenvalue weighted by Gasteiger charge is -2.05. The summed E-state index contributed by atoms with van der Waals surface area (Å²) >= 11 is 1.29. The van der Waals surface area contributed by atoms with E-state index in [0.717, 1.165) is 0 Å². The Hall–Kier alpha value is -1.60. The minimum absolute atomic E-state index is 0.0111. The highest BCUT2D eigenvalue weighted by atomic mass is 32.2. The molecule has 1 aromatic rings. The molecule has 92 valence electrons. The molecule has 0 aliphatic carbocycles. The topological polar surface area (TPSA) is 92.5 Å². The first-order valence-electron chi connectivity index (χ1n) is 4.83. The Kier molecular flexibility index (Phi) is 4.92. The lowest BCUT2D eigenvalue weighted by Crippen LogP contribution is -2.06. The minimum atomic E-state index is -0.520. The second-order valence-electron chi connectivity index (χ2n) is 3.23. The first kappa shape index (κ1) is 13.5. The molecular weight excluding hydrogens is 244 g/mol. The Morgan fingerprint density at radius 2 is 2.24 bits per heavy atom. The zero-order valence-electron chi connectivity index (χ0n) is 9.17. The fraction of sp³-hybridized carbons (Fsp3) is 0.300. The number of nitrogens with one attached hydrogen (secondary N) is 1. The Labute approximate surface area is 102 Å². The van der Waals surface area contributed by atoms with Crippen molar-refractivity contribution in [3.63, 3.8) is 0 Å². The molecule has 0 fully saturated rings. The van der Waals surface area contributed by atoms with Crippen LogP contribution in [0.4, 0.5) is 11.4 Å². The van der Waals surface area contributed by atoms with Crippen LogP contribution in [0.2, 0.25) is 0 Å². The normalized spacial score (nSPS) is 10.0. The summed E-state index contributed by atoms with van der Waals surface area (Å²) in [5.74, 6) is 0.157. The Bertz CT molecular complexity index is 436. The second kappa shape index (κ2) is 6.21. The summed E-state index contributed by atoms with van der Waals surface area (Å²) in [4.78, 5) is 21.7. The zero-order chi connectivity index (χ0) is 12.8. The molecule has 0 aliphatic rings. The summed E-state index contributed by atoms with van der Waals surface area (Å²) in [5.41, 5.74) is 0.295. The summed E-state index contributed by atoms with van der Waals surface area (Å²) < 4.78 is 0. The van der Waals surface area contributed by atoms with Crippen molar-refractivity contribution < 1.29 is 14.8 Å². The fourth-order valence-corrected chi connectivity index (χ4v) is 1.95. The van der Waals surface area contributed by atoms with Crippen LogP contribution < -0.4 is 5.32 Å². The molecule has 1 aromatic carbocycles. The molecule has 1 rings (SSSR count). The number of hydrogen-bond acceptors (Lipinski definition) is 5. The fourth-order valence-electron chi connectivity index (χ4n) is 1.21. The van der Waals surface area contributed by atoms with Crippen molar-refractivity contribution in [3.8, 4) is 0 Å². The highest BCUT2D eigenvalue weighted by Gasteiger charge is 2.10. The highest BCUT2D eigenvalue weighted by molar-refractivity contribution is 7.99. The van der Waals surface area contributed by atoms with Crippen molar-refractivity contribution in [1.29, 1.82) is 0 Å². The van der Waals surface area contributed by atoms with Crippen molar-refractivity contribution >= 4 is 29.0 Å². The van der Waals surface area contributed by atoms with E-state index in [9.17, 15) is 14.9 Å². The van der Waals surface area contributed by atoms with E-state index in [0.29, 0.717) is 16.3 Å². The Morgan fingerprint density at radius 1 is 1.53 bits per heavy atom. The number of non-ortho nitro benzene ring substituents is 1. The van der Waals surface area contributed by atoms with Gasteiger partial charge in [0.25, 0.3) is 5.69 Å². The van der Waals surface area contributed by atoms with Crippen LogP contribution in [0.25, 0.3) is 0 Å². The van der Waals surface area contributed by atoms with Gasteiger partial charge in [0.2, 0.25) is 5.91 Å². The Balaban J connectivity index is 3.00. The van der Waals surface area contributed by atoms with Crippen LogP contribution in [0.5, 0.6) is 0 Å². The summed E-state index contributed by atoms with van der Waals surface area (Å²) in [6, 6.07) is 4.34. The molecule has 6 nitrogen and oxygen atoms in total. The maximum atomic E-state index is 10.9. The molecule has 0 aliphatic heterocycles. The lowest BCUT2D eigenvalue weighted by molar-refractivity contribution is -0.385. The van der Waals surface area contributed by atoms with Crippen LogP contribution in [-0.2, 0) is 4.79 Å². The Morgan fingerprint density at radius 3 is 2.76 bits per heavy atom. The zero-order valence-corrected chi connectivity index (χ0v) is 9.99. The van der Waals surface area contributed by atoms with Gasteiger partial charge in [-0.05, 0) is 6.07 Å². The number of nitrogens with zero attached hydrogens (tertiary/aromatic N) is 1. The number of amides is 1. The van der Waals surface area contributed by atoms with Gasteiger partial charge >= 0.3 is 0 Å². The SMILES string of the molecule is CC(=O)Nc1cc(SCCO)cc([N+](=O)[O-])c1. The van der Waals surface area contributed by atoms with Gasteiger partial charge < -0.3 is 10.4 Å². The van der Waals surface area contributed by atoms with E-state index in [-0.39, 0.29) is 18.2 Å². The van der Waals surface area contributed by atoms with Gasteiger partial charge in [-0.15, -0.1) is 11.8 Å². The largest absolute Gasteiger partial charge is 0.396 e. The maximum absolute atomic E-state index is 10.9. The molecule has 1 amide bonds. The van der Waals surface area contributed by atoms with Crippen molar-refractivity contribution in [3.05, 3.63) is 28.3 Å². The summed E-state index contributed by atoms with van der Waals surface area (Å²) in [5, 5.41) is 21.9. The molecule has 7 heteroatoms. The average Bonchev–Trinajstić information content (AvgIpc) is 2.25. The van der Waals surface area contributed by atoms with E-state index in [1.165, 1.54) is 30.8 Å². The standard InChI is InChI=1S/C10H12N2O4S/c1-7(14)11-8-4-9(12(15)16)6-10(5-8)17-3-2-13/h4-6,13H,2-3H2,1H3,(H,11,14). The molecule has 0 bridgehead atoms. The van der Waals surface area contributed by atoms with Gasteiger partial charge in [0.05, 0.1) is 11.5 Å². The van der Waals surface area contributed by atoms with Crippen LogP contribution in [0.1, 0.15) is 6.92 Å². The quantitative estimate of drug-likeness (QED) is 0.474.